The second-order valence-electron chi connectivity index (χ2n) is 8.01. The van der Waals surface area contributed by atoms with Crippen molar-refractivity contribution in [2.75, 3.05) is 18.0 Å². The maximum Gasteiger partial charge on any atom is 0.293 e. The van der Waals surface area contributed by atoms with Gasteiger partial charge in [0.2, 0.25) is 0 Å². The second kappa shape index (κ2) is 7.19. The van der Waals surface area contributed by atoms with Crippen LogP contribution in [0.3, 0.4) is 0 Å². The number of carbonyl (C=O) groups is 2. The molecule has 0 spiro atoms. The number of amides is 2. The third-order valence-corrected chi connectivity index (χ3v) is 6.47. The maximum atomic E-state index is 12.5. The Morgan fingerprint density at radius 2 is 2.04 bits per heavy atom. The number of imide groups is 1. The van der Waals surface area contributed by atoms with Gasteiger partial charge in [0.05, 0.1) is 4.91 Å². The number of benzene rings is 1. The van der Waals surface area contributed by atoms with E-state index in [1.807, 2.05) is 6.08 Å². The van der Waals surface area contributed by atoms with Crippen molar-refractivity contribution in [2.24, 2.45) is 0 Å². The van der Waals surface area contributed by atoms with E-state index in [-0.39, 0.29) is 23.2 Å². The molecule has 1 saturated heterocycles. The number of fused-ring (bicyclic) bond motifs is 1. The van der Waals surface area contributed by atoms with Gasteiger partial charge in [-0.25, -0.2) is 0 Å². The predicted octanol–water partition coefficient (Wildman–Crippen LogP) is 5.33. The van der Waals surface area contributed by atoms with Gasteiger partial charge in [-0.1, -0.05) is 13.0 Å². The SMILES string of the molecule is C=CCN1C(=O)S/C(=C\c2cc3c(cc2C)N(CC)C(C)(C)CC3C)C1=O. The summed E-state index contributed by atoms with van der Waals surface area (Å²) in [6.45, 7) is 16.0. The van der Waals surface area contributed by atoms with Crippen LogP contribution in [0.1, 0.15) is 56.7 Å². The average Bonchev–Trinajstić information content (AvgIpc) is 2.84. The Labute approximate surface area is 166 Å². The molecule has 0 N–H and O–H groups in total. The molecule has 2 aliphatic heterocycles. The van der Waals surface area contributed by atoms with Crippen molar-refractivity contribution in [3.63, 3.8) is 0 Å². The van der Waals surface area contributed by atoms with Gasteiger partial charge in [0.25, 0.3) is 11.1 Å². The Balaban J connectivity index is 2.03. The Bertz CT molecular complexity index is 841. The lowest BCUT2D eigenvalue weighted by molar-refractivity contribution is -0.122. The lowest BCUT2D eigenvalue weighted by Crippen LogP contribution is -2.48. The zero-order valence-electron chi connectivity index (χ0n) is 16.8. The summed E-state index contributed by atoms with van der Waals surface area (Å²) < 4.78 is 0. The fraction of sp³-hybridized carbons (Fsp3) is 0.455. The molecule has 3 rings (SSSR count). The molecule has 2 aliphatic rings. The van der Waals surface area contributed by atoms with Crippen molar-refractivity contribution < 1.29 is 9.59 Å². The van der Waals surface area contributed by atoms with Crippen LogP contribution < -0.4 is 4.90 Å². The van der Waals surface area contributed by atoms with Crippen molar-refractivity contribution in [3.8, 4) is 0 Å². The summed E-state index contributed by atoms with van der Waals surface area (Å²) in [4.78, 5) is 28.8. The van der Waals surface area contributed by atoms with Gasteiger partial charge in [0.15, 0.2) is 0 Å². The van der Waals surface area contributed by atoms with Crippen molar-refractivity contribution in [1.82, 2.24) is 4.90 Å². The first-order valence-electron chi connectivity index (χ1n) is 9.48. The first kappa shape index (κ1) is 19.7. The largest absolute Gasteiger partial charge is 0.366 e. The highest BCUT2D eigenvalue weighted by molar-refractivity contribution is 8.18. The van der Waals surface area contributed by atoms with E-state index in [9.17, 15) is 9.59 Å². The fourth-order valence-electron chi connectivity index (χ4n) is 4.33. The van der Waals surface area contributed by atoms with E-state index in [0.29, 0.717) is 10.8 Å². The van der Waals surface area contributed by atoms with Gasteiger partial charge in [-0.3, -0.25) is 14.5 Å². The molecule has 0 aliphatic carbocycles. The molecule has 4 nitrogen and oxygen atoms in total. The van der Waals surface area contributed by atoms with E-state index < -0.39 is 0 Å². The monoisotopic (exact) mass is 384 g/mol. The molecular weight excluding hydrogens is 356 g/mol. The van der Waals surface area contributed by atoms with Gasteiger partial charge in [-0.2, -0.15) is 0 Å². The minimum Gasteiger partial charge on any atom is -0.366 e. The molecule has 2 heterocycles. The number of aryl methyl sites for hydroxylation is 1. The second-order valence-corrected chi connectivity index (χ2v) is 9.00. The van der Waals surface area contributed by atoms with Crippen LogP contribution >= 0.6 is 11.8 Å². The van der Waals surface area contributed by atoms with Crippen LogP contribution in [-0.2, 0) is 4.79 Å². The molecule has 0 saturated carbocycles. The molecule has 2 amide bonds. The summed E-state index contributed by atoms with van der Waals surface area (Å²) in [5.74, 6) is 0.216. The average molecular weight is 385 g/mol. The molecule has 1 atom stereocenters. The van der Waals surface area contributed by atoms with E-state index in [2.05, 4.69) is 58.2 Å². The third-order valence-electron chi connectivity index (χ3n) is 5.56. The molecule has 1 aromatic carbocycles. The highest BCUT2D eigenvalue weighted by atomic mass is 32.2. The molecule has 27 heavy (non-hydrogen) atoms. The van der Waals surface area contributed by atoms with Crippen LogP contribution in [-0.4, -0.2) is 34.7 Å². The van der Waals surface area contributed by atoms with Gasteiger partial charge in [0, 0.05) is 24.3 Å². The number of hydrogen-bond donors (Lipinski definition) is 0. The molecule has 5 heteroatoms. The standard InChI is InChI=1S/C22H28N2O2S/c1-7-9-23-20(25)19(27-21(23)26)12-16-11-17-15(4)13-22(5,6)24(8-2)18(17)10-14(16)3/h7,10-12,15H,1,8-9,13H2,2-6H3/b19-12-. The minimum absolute atomic E-state index is 0.127. The van der Waals surface area contributed by atoms with Crippen LogP contribution in [0.25, 0.3) is 6.08 Å². The fourth-order valence-corrected chi connectivity index (χ4v) is 5.17. The van der Waals surface area contributed by atoms with Crippen molar-refractivity contribution in [2.45, 2.75) is 52.5 Å². The van der Waals surface area contributed by atoms with Crippen molar-refractivity contribution in [1.29, 1.82) is 0 Å². The summed E-state index contributed by atoms with van der Waals surface area (Å²) in [5, 5.41) is -0.228. The molecule has 1 unspecified atom stereocenters. The molecule has 0 radical (unpaired) electrons. The van der Waals surface area contributed by atoms with Crippen LogP contribution in [0.4, 0.5) is 10.5 Å². The van der Waals surface area contributed by atoms with Gasteiger partial charge in [-0.05, 0) is 86.7 Å². The highest BCUT2D eigenvalue weighted by Gasteiger charge is 2.37. The van der Waals surface area contributed by atoms with Crippen molar-refractivity contribution in [3.05, 3.63) is 46.4 Å². The topological polar surface area (TPSA) is 40.6 Å². The molecule has 1 fully saturated rings. The number of carbonyl (C=O) groups excluding carboxylic acids is 2. The number of rotatable bonds is 4. The van der Waals surface area contributed by atoms with Crippen LogP contribution in [0.15, 0.2) is 29.7 Å². The van der Waals surface area contributed by atoms with Gasteiger partial charge < -0.3 is 4.90 Å². The van der Waals surface area contributed by atoms with Crippen LogP contribution in [0.5, 0.6) is 0 Å². The summed E-state index contributed by atoms with van der Waals surface area (Å²) in [5.41, 5.74) is 4.87. The highest BCUT2D eigenvalue weighted by Crippen LogP contribution is 2.44. The van der Waals surface area contributed by atoms with E-state index in [1.54, 1.807) is 6.08 Å². The lowest BCUT2D eigenvalue weighted by Gasteiger charge is -2.47. The Hall–Kier alpha value is -2.01. The number of nitrogens with zero attached hydrogens (tertiary/aromatic N) is 2. The first-order chi connectivity index (χ1) is 12.7. The minimum atomic E-state index is -0.230. The van der Waals surface area contributed by atoms with Crippen molar-refractivity contribution >= 4 is 34.7 Å². The van der Waals surface area contributed by atoms with Crippen LogP contribution in [0, 0.1) is 6.92 Å². The first-order valence-corrected chi connectivity index (χ1v) is 10.3. The zero-order valence-corrected chi connectivity index (χ0v) is 17.7. The smallest absolute Gasteiger partial charge is 0.293 e. The number of thioether (sulfide) groups is 1. The number of anilines is 1. The number of hydrogen-bond acceptors (Lipinski definition) is 4. The van der Waals surface area contributed by atoms with Crippen LogP contribution in [0.2, 0.25) is 0 Å². The Morgan fingerprint density at radius 1 is 1.33 bits per heavy atom. The lowest BCUT2D eigenvalue weighted by atomic mass is 9.79. The summed E-state index contributed by atoms with van der Waals surface area (Å²) in [7, 11) is 0. The normalized spacial score (nSPS) is 23.1. The van der Waals surface area contributed by atoms with E-state index in [4.69, 9.17) is 0 Å². The van der Waals surface area contributed by atoms with E-state index in [0.717, 1.165) is 35.9 Å². The Morgan fingerprint density at radius 3 is 2.67 bits per heavy atom. The molecular formula is C22H28N2O2S. The summed E-state index contributed by atoms with van der Waals surface area (Å²) in [6, 6.07) is 4.44. The quantitative estimate of drug-likeness (QED) is 0.520. The molecule has 0 aromatic heterocycles. The van der Waals surface area contributed by atoms with Gasteiger partial charge in [-0.15, -0.1) is 6.58 Å². The maximum absolute atomic E-state index is 12.5. The van der Waals surface area contributed by atoms with E-state index in [1.165, 1.54) is 16.2 Å². The van der Waals surface area contributed by atoms with E-state index >= 15 is 0 Å². The van der Waals surface area contributed by atoms with Gasteiger partial charge >= 0.3 is 0 Å². The molecule has 144 valence electrons. The molecule has 0 bridgehead atoms. The van der Waals surface area contributed by atoms with Gasteiger partial charge in [0.1, 0.15) is 0 Å². The Kier molecular flexibility index (Phi) is 5.26. The predicted molar refractivity (Wildman–Crippen MR) is 114 cm³/mol. The molecule has 1 aromatic rings. The summed E-state index contributed by atoms with van der Waals surface area (Å²) in [6.07, 6.45) is 4.53. The zero-order chi connectivity index (χ0) is 19.9. The summed E-state index contributed by atoms with van der Waals surface area (Å²) >= 11 is 1.01. The third kappa shape index (κ3) is 3.45.